The molecular formula is C19H21N3O3S. The summed E-state index contributed by atoms with van der Waals surface area (Å²) in [4.78, 5) is 38.4. The highest BCUT2D eigenvalue weighted by atomic mass is 32.1. The predicted molar refractivity (Wildman–Crippen MR) is 102 cm³/mol. The minimum Gasteiger partial charge on any atom is -0.354 e. The van der Waals surface area contributed by atoms with Crippen molar-refractivity contribution >= 4 is 34.1 Å². The van der Waals surface area contributed by atoms with E-state index in [1.807, 2.05) is 12.1 Å². The summed E-state index contributed by atoms with van der Waals surface area (Å²) in [5, 5.41) is 7.90. The van der Waals surface area contributed by atoms with Gasteiger partial charge in [0.15, 0.2) is 0 Å². The first-order valence-corrected chi connectivity index (χ1v) is 9.50. The number of hydrogen-bond donors (Lipinski definition) is 2. The molecule has 2 heterocycles. The predicted octanol–water partition coefficient (Wildman–Crippen LogP) is 2.52. The van der Waals surface area contributed by atoms with Crippen LogP contribution >= 0.6 is 11.3 Å². The lowest BCUT2D eigenvalue weighted by Crippen LogP contribution is -2.34. The normalized spacial score (nSPS) is 14.5. The van der Waals surface area contributed by atoms with E-state index in [9.17, 15) is 14.4 Å². The molecule has 2 N–H and O–H groups in total. The van der Waals surface area contributed by atoms with Crippen LogP contribution in [0.5, 0.6) is 0 Å². The summed E-state index contributed by atoms with van der Waals surface area (Å²) in [7, 11) is 0. The molecule has 0 unspecified atom stereocenters. The number of anilines is 1. The first kappa shape index (κ1) is 18.1. The van der Waals surface area contributed by atoms with E-state index in [1.54, 1.807) is 28.5 Å². The van der Waals surface area contributed by atoms with Crippen LogP contribution in [0.1, 0.15) is 39.6 Å². The maximum atomic E-state index is 12.8. The number of amides is 3. The molecule has 1 aliphatic heterocycles. The van der Waals surface area contributed by atoms with Crippen LogP contribution in [-0.2, 0) is 11.2 Å². The third kappa shape index (κ3) is 4.11. The standard InChI is InChI=1S/C19H21N3O3S/c1-2-13-3-5-14(6-4-13)17(24)21-18-15(8-12-26-18)19(25)22-10-7-16(23)20-9-11-22/h3-6,8,12H,2,7,9-11H2,1H3,(H,20,23)(H,21,24). The summed E-state index contributed by atoms with van der Waals surface area (Å²) in [6.07, 6.45) is 1.21. The molecule has 3 amide bonds. The first-order valence-electron chi connectivity index (χ1n) is 8.62. The molecule has 0 bridgehead atoms. The quantitative estimate of drug-likeness (QED) is 0.867. The van der Waals surface area contributed by atoms with Gasteiger partial charge in [-0.2, -0.15) is 0 Å². The summed E-state index contributed by atoms with van der Waals surface area (Å²) in [5.74, 6) is -0.453. The Bertz CT molecular complexity index is 814. The summed E-state index contributed by atoms with van der Waals surface area (Å²) in [6, 6.07) is 9.14. The van der Waals surface area contributed by atoms with E-state index < -0.39 is 0 Å². The molecule has 3 rings (SSSR count). The number of aryl methyl sites for hydroxylation is 1. The molecule has 1 aromatic heterocycles. The highest BCUT2D eigenvalue weighted by molar-refractivity contribution is 7.14. The maximum absolute atomic E-state index is 12.8. The highest BCUT2D eigenvalue weighted by Gasteiger charge is 2.23. The van der Waals surface area contributed by atoms with Crippen LogP contribution in [0.4, 0.5) is 5.00 Å². The Hall–Kier alpha value is -2.67. The number of carbonyl (C=O) groups excluding carboxylic acids is 3. The van der Waals surface area contributed by atoms with Crippen LogP contribution < -0.4 is 10.6 Å². The Morgan fingerprint density at radius 3 is 2.69 bits per heavy atom. The summed E-state index contributed by atoms with van der Waals surface area (Å²) in [6.45, 7) is 3.35. The topological polar surface area (TPSA) is 78.5 Å². The molecule has 1 aromatic carbocycles. The molecule has 0 aliphatic carbocycles. The highest BCUT2D eigenvalue weighted by Crippen LogP contribution is 2.25. The van der Waals surface area contributed by atoms with Gasteiger partial charge >= 0.3 is 0 Å². The third-order valence-electron chi connectivity index (χ3n) is 4.35. The van der Waals surface area contributed by atoms with Gasteiger partial charge in [0.25, 0.3) is 11.8 Å². The van der Waals surface area contributed by atoms with Crippen LogP contribution in [-0.4, -0.2) is 42.3 Å². The molecule has 0 radical (unpaired) electrons. The Morgan fingerprint density at radius 1 is 1.19 bits per heavy atom. The first-order chi connectivity index (χ1) is 12.6. The maximum Gasteiger partial charge on any atom is 0.256 e. The van der Waals surface area contributed by atoms with Crippen molar-refractivity contribution < 1.29 is 14.4 Å². The minimum absolute atomic E-state index is 0.0466. The van der Waals surface area contributed by atoms with E-state index in [4.69, 9.17) is 0 Å². The Kier molecular flexibility index (Phi) is 5.68. The fourth-order valence-corrected chi connectivity index (χ4v) is 3.56. The Morgan fingerprint density at radius 2 is 1.96 bits per heavy atom. The number of nitrogens with one attached hydrogen (secondary N) is 2. The van der Waals surface area contributed by atoms with Crippen molar-refractivity contribution in [2.45, 2.75) is 19.8 Å². The number of nitrogens with zero attached hydrogens (tertiary/aromatic N) is 1. The average molecular weight is 371 g/mol. The van der Waals surface area contributed by atoms with E-state index >= 15 is 0 Å². The van der Waals surface area contributed by atoms with Crippen LogP contribution in [0.3, 0.4) is 0 Å². The van der Waals surface area contributed by atoms with Crippen LogP contribution in [0.25, 0.3) is 0 Å². The zero-order valence-corrected chi connectivity index (χ0v) is 15.4. The largest absolute Gasteiger partial charge is 0.354 e. The number of rotatable bonds is 4. The van der Waals surface area contributed by atoms with Gasteiger partial charge in [0.2, 0.25) is 5.91 Å². The van der Waals surface area contributed by atoms with Crippen molar-refractivity contribution in [3.8, 4) is 0 Å². The third-order valence-corrected chi connectivity index (χ3v) is 5.18. The second kappa shape index (κ2) is 8.14. The van der Waals surface area contributed by atoms with E-state index in [2.05, 4.69) is 17.6 Å². The average Bonchev–Trinajstić information content (AvgIpc) is 3.00. The van der Waals surface area contributed by atoms with Crippen LogP contribution in [0.15, 0.2) is 35.7 Å². The zero-order chi connectivity index (χ0) is 18.5. The molecule has 2 aromatic rings. The van der Waals surface area contributed by atoms with Crippen molar-refractivity contribution in [1.29, 1.82) is 0 Å². The second-order valence-electron chi connectivity index (χ2n) is 6.06. The molecule has 0 spiro atoms. The number of hydrogen-bond acceptors (Lipinski definition) is 4. The van der Waals surface area contributed by atoms with Gasteiger partial charge in [-0.3, -0.25) is 14.4 Å². The molecule has 7 heteroatoms. The van der Waals surface area contributed by atoms with Gasteiger partial charge in [0.05, 0.1) is 5.56 Å². The van der Waals surface area contributed by atoms with Crippen molar-refractivity contribution in [3.63, 3.8) is 0 Å². The van der Waals surface area contributed by atoms with E-state index in [1.165, 1.54) is 11.3 Å². The van der Waals surface area contributed by atoms with Crippen molar-refractivity contribution in [1.82, 2.24) is 10.2 Å². The van der Waals surface area contributed by atoms with Gasteiger partial charge in [-0.05, 0) is 35.6 Å². The van der Waals surface area contributed by atoms with Gasteiger partial charge in [-0.15, -0.1) is 11.3 Å². The van der Waals surface area contributed by atoms with Gasteiger partial charge in [-0.25, -0.2) is 0 Å². The zero-order valence-electron chi connectivity index (χ0n) is 14.6. The van der Waals surface area contributed by atoms with E-state index in [0.29, 0.717) is 42.2 Å². The van der Waals surface area contributed by atoms with Gasteiger partial charge in [0.1, 0.15) is 5.00 Å². The molecule has 0 saturated carbocycles. The molecule has 6 nitrogen and oxygen atoms in total. The lowest BCUT2D eigenvalue weighted by molar-refractivity contribution is -0.120. The lowest BCUT2D eigenvalue weighted by atomic mass is 10.1. The molecule has 0 atom stereocenters. The van der Waals surface area contributed by atoms with Crippen LogP contribution in [0.2, 0.25) is 0 Å². The Balaban J connectivity index is 1.72. The SMILES string of the molecule is CCc1ccc(C(=O)Nc2sccc2C(=O)N2CCNC(=O)CC2)cc1. The Labute approximate surface area is 156 Å². The molecule has 136 valence electrons. The summed E-state index contributed by atoms with van der Waals surface area (Å²) in [5.41, 5.74) is 2.18. The molecular weight excluding hydrogens is 350 g/mol. The van der Waals surface area contributed by atoms with E-state index in [0.717, 1.165) is 12.0 Å². The minimum atomic E-state index is -0.239. The smallest absolute Gasteiger partial charge is 0.256 e. The van der Waals surface area contributed by atoms with Crippen molar-refractivity contribution in [2.75, 3.05) is 25.0 Å². The number of benzene rings is 1. The van der Waals surface area contributed by atoms with Gasteiger partial charge in [-0.1, -0.05) is 19.1 Å². The summed E-state index contributed by atoms with van der Waals surface area (Å²) < 4.78 is 0. The fraction of sp³-hybridized carbons (Fsp3) is 0.316. The number of thiophene rings is 1. The van der Waals surface area contributed by atoms with Gasteiger partial charge in [0, 0.05) is 31.6 Å². The monoisotopic (exact) mass is 371 g/mol. The number of carbonyl (C=O) groups is 3. The lowest BCUT2D eigenvalue weighted by Gasteiger charge is -2.19. The molecule has 1 fully saturated rings. The summed E-state index contributed by atoms with van der Waals surface area (Å²) >= 11 is 1.32. The fourth-order valence-electron chi connectivity index (χ4n) is 2.78. The van der Waals surface area contributed by atoms with Crippen LogP contribution in [0, 0.1) is 0 Å². The van der Waals surface area contributed by atoms with Crippen molar-refractivity contribution in [2.24, 2.45) is 0 Å². The molecule has 1 saturated heterocycles. The van der Waals surface area contributed by atoms with Gasteiger partial charge < -0.3 is 15.5 Å². The second-order valence-corrected chi connectivity index (χ2v) is 6.98. The van der Waals surface area contributed by atoms with E-state index in [-0.39, 0.29) is 17.7 Å². The molecule has 1 aliphatic rings. The van der Waals surface area contributed by atoms with Crippen molar-refractivity contribution in [3.05, 3.63) is 52.4 Å². The molecule has 26 heavy (non-hydrogen) atoms.